The highest BCUT2D eigenvalue weighted by molar-refractivity contribution is 6.18. The molecule has 10 heavy (non-hydrogen) atoms. The average Bonchev–Trinajstić information content (AvgIpc) is 2.35. The smallest absolute Gasteiger partial charge is 0.0288 e. The molecule has 1 heteroatoms. The second-order valence-corrected chi connectivity index (χ2v) is 3.80. The molecule has 0 heterocycles. The molecule has 0 bridgehead atoms. The van der Waals surface area contributed by atoms with Crippen molar-refractivity contribution in [2.75, 3.05) is 5.88 Å². The van der Waals surface area contributed by atoms with Crippen molar-refractivity contribution < 1.29 is 0 Å². The number of halogens is 1. The zero-order chi connectivity index (χ0) is 7.61. The van der Waals surface area contributed by atoms with E-state index in [-0.39, 0.29) is 0 Å². The molecule has 0 nitrogen and oxygen atoms in total. The highest BCUT2D eigenvalue weighted by Gasteiger charge is 2.32. The highest BCUT2D eigenvalue weighted by Crippen LogP contribution is 2.41. The fraction of sp³-hybridized carbons (Fsp3) is 0.778. The molecule has 0 radical (unpaired) electrons. The molecule has 0 unspecified atom stereocenters. The number of allylic oxidation sites excluding steroid dienone is 2. The van der Waals surface area contributed by atoms with E-state index >= 15 is 0 Å². The van der Waals surface area contributed by atoms with E-state index in [1.54, 1.807) is 0 Å². The Hall–Kier alpha value is 0.0300. The Morgan fingerprint density at radius 1 is 1.40 bits per heavy atom. The average molecular weight is 159 g/mol. The van der Waals surface area contributed by atoms with Gasteiger partial charge in [-0.3, -0.25) is 0 Å². The summed E-state index contributed by atoms with van der Waals surface area (Å²) in [6.45, 7) is 4.52. The molecular formula is C9H15Cl. The summed E-state index contributed by atoms with van der Waals surface area (Å²) in [7, 11) is 0. The Balaban J connectivity index is 2.61. The van der Waals surface area contributed by atoms with Crippen molar-refractivity contribution in [1.29, 1.82) is 0 Å². The van der Waals surface area contributed by atoms with Crippen LogP contribution in [0.5, 0.6) is 0 Å². The highest BCUT2D eigenvalue weighted by atomic mass is 35.5. The van der Waals surface area contributed by atoms with Crippen molar-refractivity contribution in [1.82, 2.24) is 0 Å². The first-order chi connectivity index (χ1) is 4.71. The minimum absolute atomic E-state index is 0.390. The van der Waals surface area contributed by atoms with Crippen molar-refractivity contribution in [3.05, 3.63) is 12.2 Å². The van der Waals surface area contributed by atoms with Gasteiger partial charge in [0.2, 0.25) is 0 Å². The maximum Gasteiger partial charge on any atom is 0.0288 e. The van der Waals surface area contributed by atoms with Crippen LogP contribution in [0.3, 0.4) is 0 Å². The Labute approximate surface area is 68.3 Å². The van der Waals surface area contributed by atoms with Gasteiger partial charge in [-0.2, -0.15) is 0 Å². The molecule has 1 aliphatic rings. The Morgan fingerprint density at radius 2 is 1.90 bits per heavy atom. The standard InChI is InChI=1S/C9H15Cl/c1-8(2)9(7-10)5-3-4-6-9/h3-4,8H,5-7H2,1-2H3. The fourth-order valence-corrected chi connectivity index (χ4v) is 1.98. The first-order valence-electron chi connectivity index (χ1n) is 3.92. The maximum atomic E-state index is 5.92. The van der Waals surface area contributed by atoms with E-state index in [1.165, 1.54) is 12.8 Å². The number of alkyl halides is 1. The van der Waals surface area contributed by atoms with Gasteiger partial charge in [-0.1, -0.05) is 26.0 Å². The summed E-state index contributed by atoms with van der Waals surface area (Å²) in [5.74, 6) is 1.51. The van der Waals surface area contributed by atoms with E-state index in [4.69, 9.17) is 11.6 Å². The third-order valence-corrected chi connectivity index (χ3v) is 3.24. The minimum atomic E-state index is 0.390. The first-order valence-corrected chi connectivity index (χ1v) is 4.46. The van der Waals surface area contributed by atoms with Crippen LogP contribution < -0.4 is 0 Å². The molecule has 0 aromatic rings. The lowest BCUT2D eigenvalue weighted by molar-refractivity contribution is 0.244. The number of rotatable bonds is 2. The zero-order valence-electron chi connectivity index (χ0n) is 6.73. The molecule has 0 atom stereocenters. The Morgan fingerprint density at radius 3 is 2.10 bits per heavy atom. The van der Waals surface area contributed by atoms with Crippen LogP contribution >= 0.6 is 11.6 Å². The molecule has 58 valence electrons. The van der Waals surface area contributed by atoms with Gasteiger partial charge in [0.1, 0.15) is 0 Å². The molecule has 0 N–H and O–H groups in total. The summed E-state index contributed by atoms with van der Waals surface area (Å²) < 4.78 is 0. The van der Waals surface area contributed by atoms with E-state index in [1.807, 2.05) is 0 Å². The first kappa shape index (κ1) is 8.13. The molecule has 0 aromatic heterocycles. The quantitative estimate of drug-likeness (QED) is 0.428. The molecule has 0 saturated heterocycles. The predicted octanol–water partition coefficient (Wildman–Crippen LogP) is 3.22. The van der Waals surface area contributed by atoms with Crippen molar-refractivity contribution in [3.8, 4) is 0 Å². The summed E-state index contributed by atoms with van der Waals surface area (Å²) in [4.78, 5) is 0. The summed E-state index contributed by atoms with van der Waals surface area (Å²) >= 11 is 5.92. The van der Waals surface area contributed by atoms with Gasteiger partial charge in [0, 0.05) is 5.88 Å². The van der Waals surface area contributed by atoms with Crippen LogP contribution in [-0.4, -0.2) is 5.88 Å². The lowest BCUT2D eigenvalue weighted by Gasteiger charge is -2.30. The van der Waals surface area contributed by atoms with Gasteiger partial charge < -0.3 is 0 Å². The molecular weight excluding hydrogens is 144 g/mol. The molecule has 0 amide bonds. The lowest BCUT2D eigenvalue weighted by Crippen LogP contribution is -2.25. The summed E-state index contributed by atoms with van der Waals surface area (Å²) in [5.41, 5.74) is 0.390. The molecule has 0 aromatic carbocycles. The summed E-state index contributed by atoms with van der Waals surface area (Å²) in [5, 5.41) is 0. The molecule has 1 aliphatic carbocycles. The minimum Gasteiger partial charge on any atom is -0.126 e. The van der Waals surface area contributed by atoms with E-state index in [0.717, 1.165) is 5.88 Å². The molecule has 1 rings (SSSR count). The second-order valence-electron chi connectivity index (χ2n) is 3.53. The van der Waals surface area contributed by atoms with Crippen LogP contribution in [0.4, 0.5) is 0 Å². The molecule has 0 fully saturated rings. The van der Waals surface area contributed by atoms with Gasteiger partial charge in [0.15, 0.2) is 0 Å². The summed E-state index contributed by atoms with van der Waals surface area (Å²) in [6.07, 6.45) is 6.85. The lowest BCUT2D eigenvalue weighted by atomic mass is 9.77. The SMILES string of the molecule is CC(C)C1(CCl)CC=CC1. The van der Waals surface area contributed by atoms with Crippen LogP contribution in [0.15, 0.2) is 12.2 Å². The predicted molar refractivity (Wildman–Crippen MR) is 46.4 cm³/mol. The fourth-order valence-electron chi connectivity index (χ4n) is 1.45. The van der Waals surface area contributed by atoms with Crippen molar-refractivity contribution in [3.63, 3.8) is 0 Å². The normalized spacial score (nSPS) is 22.4. The third kappa shape index (κ3) is 1.22. The van der Waals surface area contributed by atoms with Gasteiger partial charge in [-0.05, 0) is 24.2 Å². The van der Waals surface area contributed by atoms with Crippen LogP contribution in [-0.2, 0) is 0 Å². The number of hydrogen-bond donors (Lipinski definition) is 0. The largest absolute Gasteiger partial charge is 0.126 e. The zero-order valence-corrected chi connectivity index (χ0v) is 7.49. The van der Waals surface area contributed by atoms with Crippen molar-refractivity contribution >= 4 is 11.6 Å². The molecule has 0 aliphatic heterocycles. The van der Waals surface area contributed by atoms with Gasteiger partial charge in [-0.15, -0.1) is 11.6 Å². The van der Waals surface area contributed by atoms with Gasteiger partial charge >= 0.3 is 0 Å². The van der Waals surface area contributed by atoms with Crippen LogP contribution in [0.1, 0.15) is 26.7 Å². The summed E-state index contributed by atoms with van der Waals surface area (Å²) in [6, 6.07) is 0. The topological polar surface area (TPSA) is 0 Å². The molecule has 0 spiro atoms. The molecule has 0 saturated carbocycles. The Bertz CT molecular complexity index is 128. The van der Waals surface area contributed by atoms with Gasteiger partial charge in [-0.25, -0.2) is 0 Å². The van der Waals surface area contributed by atoms with Gasteiger partial charge in [0.05, 0.1) is 0 Å². The van der Waals surface area contributed by atoms with Crippen LogP contribution in [0.2, 0.25) is 0 Å². The van der Waals surface area contributed by atoms with E-state index in [9.17, 15) is 0 Å². The van der Waals surface area contributed by atoms with Gasteiger partial charge in [0.25, 0.3) is 0 Å². The van der Waals surface area contributed by atoms with E-state index in [0.29, 0.717) is 11.3 Å². The van der Waals surface area contributed by atoms with Crippen LogP contribution in [0, 0.1) is 11.3 Å². The van der Waals surface area contributed by atoms with Crippen LogP contribution in [0.25, 0.3) is 0 Å². The second kappa shape index (κ2) is 2.96. The van der Waals surface area contributed by atoms with Crippen molar-refractivity contribution in [2.24, 2.45) is 11.3 Å². The van der Waals surface area contributed by atoms with E-state index in [2.05, 4.69) is 26.0 Å². The van der Waals surface area contributed by atoms with E-state index < -0.39 is 0 Å². The third-order valence-electron chi connectivity index (χ3n) is 2.71. The number of hydrogen-bond acceptors (Lipinski definition) is 0. The Kier molecular flexibility index (Phi) is 2.40. The maximum absolute atomic E-state index is 5.92. The monoisotopic (exact) mass is 158 g/mol. The van der Waals surface area contributed by atoms with Crippen molar-refractivity contribution in [2.45, 2.75) is 26.7 Å².